The number of benzene rings is 2. The number of ether oxygens (including phenoxy) is 1. The molecule has 90 valence electrons. The zero-order valence-electron chi connectivity index (χ0n) is 10.0. The molecule has 0 heterocycles. The standard InChI is InChI=1S/C16H14O2/c1-2-18-12-16(17)15-10-8-14(9-11-15)13-6-4-3-5-7-13/h2-11H,1,12H2. The maximum atomic E-state index is 11.7. The molecule has 0 aromatic heterocycles. The van der Waals surface area contributed by atoms with Crippen LogP contribution in [0, 0.1) is 0 Å². The highest BCUT2D eigenvalue weighted by Gasteiger charge is 2.05. The van der Waals surface area contributed by atoms with E-state index in [0.717, 1.165) is 11.1 Å². The first-order valence-corrected chi connectivity index (χ1v) is 5.72. The number of Topliss-reactive ketones (excluding diaryl/α,β-unsaturated/α-hetero) is 1. The van der Waals surface area contributed by atoms with E-state index < -0.39 is 0 Å². The predicted molar refractivity (Wildman–Crippen MR) is 72.4 cm³/mol. The molecule has 0 aliphatic rings. The summed E-state index contributed by atoms with van der Waals surface area (Å²) in [5.74, 6) is -0.0467. The van der Waals surface area contributed by atoms with Gasteiger partial charge in [-0.25, -0.2) is 0 Å². The van der Waals surface area contributed by atoms with Crippen LogP contribution in [0.1, 0.15) is 10.4 Å². The van der Waals surface area contributed by atoms with Crippen LogP contribution in [0.15, 0.2) is 67.4 Å². The largest absolute Gasteiger partial charge is 0.494 e. The van der Waals surface area contributed by atoms with Crippen LogP contribution in [0.3, 0.4) is 0 Å². The van der Waals surface area contributed by atoms with Gasteiger partial charge in [-0.2, -0.15) is 0 Å². The Morgan fingerprint density at radius 1 is 1.00 bits per heavy atom. The quantitative estimate of drug-likeness (QED) is 0.586. The summed E-state index contributed by atoms with van der Waals surface area (Å²) in [6, 6.07) is 17.6. The van der Waals surface area contributed by atoms with E-state index >= 15 is 0 Å². The Balaban J connectivity index is 2.15. The van der Waals surface area contributed by atoms with Crippen LogP contribution in [0.25, 0.3) is 11.1 Å². The van der Waals surface area contributed by atoms with Crippen LogP contribution in [0.5, 0.6) is 0 Å². The molecule has 0 aliphatic carbocycles. The third-order valence-corrected chi connectivity index (χ3v) is 2.65. The van der Waals surface area contributed by atoms with Gasteiger partial charge in [-0.05, 0) is 11.1 Å². The second-order valence-corrected chi connectivity index (χ2v) is 3.84. The molecule has 0 saturated heterocycles. The van der Waals surface area contributed by atoms with Gasteiger partial charge in [0.2, 0.25) is 0 Å². The summed E-state index contributed by atoms with van der Waals surface area (Å²) in [5, 5.41) is 0. The minimum Gasteiger partial charge on any atom is -0.494 e. The minimum absolute atomic E-state index is 0.0359. The average Bonchev–Trinajstić information content (AvgIpc) is 2.46. The molecule has 0 radical (unpaired) electrons. The Morgan fingerprint density at radius 2 is 1.61 bits per heavy atom. The van der Waals surface area contributed by atoms with Crippen molar-refractivity contribution in [1.29, 1.82) is 0 Å². The van der Waals surface area contributed by atoms with E-state index in [9.17, 15) is 4.79 Å². The number of rotatable bonds is 5. The van der Waals surface area contributed by atoms with Crippen LogP contribution >= 0.6 is 0 Å². The molecule has 0 unspecified atom stereocenters. The van der Waals surface area contributed by atoms with E-state index in [4.69, 9.17) is 4.74 Å². The van der Waals surface area contributed by atoms with Crippen molar-refractivity contribution < 1.29 is 9.53 Å². The molecular weight excluding hydrogens is 224 g/mol. The lowest BCUT2D eigenvalue weighted by atomic mass is 10.0. The van der Waals surface area contributed by atoms with Crippen molar-refractivity contribution in [3.05, 3.63) is 73.0 Å². The number of hydrogen-bond acceptors (Lipinski definition) is 2. The molecule has 0 saturated carbocycles. The van der Waals surface area contributed by atoms with Gasteiger partial charge in [0.25, 0.3) is 0 Å². The van der Waals surface area contributed by atoms with Crippen LogP contribution < -0.4 is 0 Å². The van der Waals surface area contributed by atoms with Gasteiger partial charge in [-0.15, -0.1) is 0 Å². The van der Waals surface area contributed by atoms with Gasteiger partial charge in [0.1, 0.15) is 0 Å². The van der Waals surface area contributed by atoms with E-state index in [-0.39, 0.29) is 12.4 Å². The van der Waals surface area contributed by atoms with Gasteiger partial charge in [-0.1, -0.05) is 61.2 Å². The third kappa shape index (κ3) is 2.86. The molecule has 0 amide bonds. The monoisotopic (exact) mass is 238 g/mol. The van der Waals surface area contributed by atoms with E-state index in [2.05, 4.69) is 6.58 Å². The first-order chi connectivity index (χ1) is 8.81. The fourth-order valence-corrected chi connectivity index (χ4v) is 1.70. The van der Waals surface area contributed by atoms with Crippen molar-refractivity contribution in [2.24, 2.45) is 0 Å². The summed E-state index contributed by atoms with van der Waals surface area (Å²) in [4.78, 5) is 11.7. The fraction of sp³-hybridized carbons (Fsp3) is 0.0625. The Labute approximate surface area is 107 Å². The maximum Gasteiger partial charge on any atom is 0.200 e. The molecular formula is C16H14O2. The maximum absolute atomic E-state index is 11.7. The van der Waals surface area contributed by atoms with Crippen molar-refractivity contribution >= 4 is 5.78 Å². The Morgan fingerprint density at radius 3 is 2.22 bits per heavy atom. The van der Waals surface area contributed by atoms with Crippen molar-refractivity contribution in [1.82, 2.24) is 0 Å². The van der Waals surface area contributed by atoms with Crippen molar-refractivity contribution in [3.8, 4) is 11.1 Å². The predicted octanol–water partition coefficient (Wildman–Crippen LogP) is 3.70. The van der Waals surface area contributed by atoms with Crippen LogP contribution in [-0.4, -0.2) is 12.4 Å². The third-order valence-electron chi connectivity index (χ3n) is 2.65. The van der Waals surface area contributed by atoms with Gasteiger partial charge in [0.05, 0.1) is 6.26 Å². The second kappa shape index (κ2) is 5.82. The van der Waals surface area contributed by atoms with Crippen LogP contribution in [0.4, 0.5) is 0 Å². The van der Waals surface area contributed by atoms with Gasteiger partial charge in [0.15, 0.2) is 12.4 Å². The first kappa shape index (κ1) is 12.1. The highest BCUT2D eigenvalue weighted by atomic mass is 16.5. The zero-order chi connectivity index (χ0) is 12.8. The summed E-state index contributed by atoms with van der Waals surface area (Å²) in [6.45, 7) is 3.44. The van der Waals surface area contributed by atoms with E-state index in [0.29, 0.717) is 5.56 Å². The highest BCUT2D eigenvalue weighted by Crippen LogP contribution is 2.19. The molecule has 0 spiro atoms. The Kier molecular flexibility index (Phi) is 3.92. The normalized spacial score (nSPS) is 9.78. The van der Waals surface area contributed by atoms with Crippen LogP contribution in [0.2, 0.25) is 0 Å². The summed E-state index contributed by atoms with van der Waals surface area (Å²) < 4.78 is 4.88. The summed E-state index contributed by atoms with van der Waals surface area (Å²) in [5.41, 5.74) is 2.88. The van der Waals surface area contributed by atoms with Gasteiger partial charge in [0, 0.05) is 5.56 Å². The molecule has 2 aromatic rings. The molecule has 2 heteroatoms. The highest BCUT2D eigenvalue weighted by molar-refractivity contribution is 5.97. The summed E-state index contributed by atoms with van der Waals surface area (Å²) >= 11 is 0. The first-order valence-electron chi connectivity index (χ1n) is 5.72. The molecule has 2 rings (SSSR count). The summed E-state index contributed by atoms with van der Waals surface area (Å²) in [6.07, 6.45) is 1.27. The molecule has 0 bridgehead atoms. The van der Waals surface area contributed by atoms with Crippen molar-refractivity contribution in [3.63, 3.8) is 0 Å². The lowest BCUT2D eigenvalue weighted by molar-refractivity contribution is 0.0887. The lowest BCUT2D eigenvalue weighted by Crippen LogP contribution is -2.06. The van der Waals surface area contributed by atoms with Crippen LogP contribution in [-0.2, 0) is 4.74 Å². The minimum atomic E-state index is -0.0467. The molecule has 0 atom stereocenters. The Bertz CT molecular complexity index is 527. The Hall–Kier alpha value is -2.35. The van der Waals surface area contributed by atoms with E-state index in [1.165, 1.54) is 6.26 Å². The van der Waals surface area contributed by atoms with E-state index in [1.54, 1.807) is 0 Å². The molecule has 0 aliphatic heterocycles. The van der Waals surface area contributed by atoms with Gasteiger partial charge < -0.3 is 4.74 Å². The van der Waals surface area contributed by atoms with E-state index in [1.807, 2.05) is 54.6 Å². The fourth-order valence-electron chi connectivity index (χ4n) is 1.70. The van der Waals surface area contributed by atoms with Crippen molar-refractivity contribution in [2.45, 2.75) is 0 Å². The second-order valence-electron chi connectivity index (χ2n) is 3.84. The molecule has 0 fully saturated rings. The smallest absolute Gasteiger partial charge is 0.200 e. The van der Waals surface area contributed by atoms with Crippen molar-refractivity contribution in [2.75, 3.05) is 6.61 Å². The number of carbonyl (C=O) groups is 1. The SMILES string of the molecule is C=COCC(=O)c1ccc(-c2ccccc2)cc1. The number of carbonyl (C=O) groups excluding carboxylic acids is 1. The topological polar surface area (TPSA) is 26.3 Å². The van der Waals surface area contributed by atoms with Gasteiger partial charge in [-0.3, -0.25) is 4.79 Å². The summed E-state index contributed by atoms with van der Waals surface area (Å²) in [7, 11) is 0. The number of ketones is 1. The molecule has 0 N–H and O–H groups in total. The average molecular weight is 238 g/mol. The zero-order valence-corrected chi connectivity index (χ0v) is 10.0. The molecule has 18 heavy (non-hydrogen) atoms. The number of hydrogen-bond donors (Lipinski definition) is 0. The molecule has 2 aromatic carbocycles. The lowest BCUT2D eigenvalue weighted by Gasteiger charge is -2.04. The van der Waals surface area contributed by atoms with Gasteiger partial charge >= 0.3 is 0 Å². The molecule has 2 nitrogen and oxygen atoms in total.